The van der Waals surface area contributed by atoms with Crippen molar-refractivity contribution < 1.29 is 27.5 Å². The van der Waals surface area contributed by atoms with Crippen molar-refractivity contribution >= 4 is 51.8 Å². The van der Waals surface area contributed by atoms with E-state index in [4.69, 9.17) is 9.47 Å². The number of hydrogen-bond acceptors (Lipinski definition) is 6. The van der Waals surface area contributed by atoms with E-state index in [1.54, 1.807) is 37.6 Å². The van der Waals surface area contributed by atoms with Crippen molar-refractivity contribution in [2.24, 2.45) is 0 Å². The van der Waals surface area contributed by atoms with Gasteiger partial charge in [0.15, 0.2) is 16.4 Å². The Kier molecular flexibility index (Phi) is 8.55. The minimum atomic E-state index is -2.94. The summed E-state index contributed by atoms with van der Waals surface area (Å²) in [6.45, 7) is -2.94. The van der Waals surface area contributed by atoms with Crippen molar-refractivity contribution in [3.05, 3.63) is 66.0 Å². The maximum atomic E-state index is 13.4. The van der Waals surface area contributed by atoms with E-state index >= 15 is 0 Å². The minimum absolute atomic E-state index is 0. The molecule has 0 saturated heterocycles. The number of H-pyrrole nitrogens is 1. The summed E-state index contributed by atoms with van der Waals surface area (Å²) < 4.78 is 53.5. The van der Waals surface area contributed by atoms with Gasteiger partial charge in [-0.1, -0.05) is 18.2 Å². The molecule has 168 valence electrons. The van der Waals surface area contributed by atoms with Gasteiger partial charge in [0.2, 0.25) is 0 Å². The van der Waals surface area contributed by atoms with Gasteiger partial charge in [-0.2, -0.15) is 13.8 Å². The molecule has 0 saturated carbocycles. The first-order valence-corrected chi connectivity index (χ1v) is 10.6. The van der Waals surface area contributed by atoms with Gasteiger partial charge in [0.1, 0.15) is 5.75 Å². The van der Waals surface area contributed by atoms with E-state index in [1.165, 1.54) is 19.2 Å². The van der Waals surface area contributed by atoms with Gasteiger partial charge in [0.25, 0.3) is 0 Å². The number of halogens is 2. The van der Waals surface area contributed by atoms with Crippen LogP contribution in [0.5, 0.6) is 17.2 Å². The van der Waals surface area contributed by atoms with Crippen LogP contribution in [0, 0.1) is 0 Å². The average Bonchev–Trinajstić information content (AvgIpc) is 3.22. The molecule has 11 heteroatoms. The van der Waals surface area contributed by atoms with Gasteiger partial charge in [-0.25, -0.2) is 0 Å². The number of benzene rings is 2. The number of hydrogen-bond donors (Lipinski definition) is 1. The third-order valence-corrected chi connectivity index (χ3v) is 6.07. The number of aromatic nitrogens is 3. The zero-order valence-corrected chi connectivity index (χ0v) is 18.0. The number of rotatable bonds is 8. The number of alkyl halides is 2. The Hall–Kier alpha value is -2.37. The van der Waals surface area contributed by atoms with E-state index in [-0.39, 0.29) is 40.5 Å². The van der Waals surface area contributed by atoms with Crippen molar-refractivity contribution in [1.29, 1.82) is 0 Å². The Morgan fingerprint density at radius 1 is 1.09 bits per heavy atom. The van der Waals surface area contributed by atoms with E-state index in [1.807, 2.05) is 12.1 Å². The van der Waals surface area contributed by atoms with Crippen LogP contribution in [-0.4, -0.2) is 69.9 Å². The normalized spacial score (nSPS) is 11.8. The topological polar surface area (TPSA) is 92.3 Å². The van der Waals surface area contributed by atoms with Crippen LogP contribution in [0.15, 0.2) is 64.8 Å². The maximum absolute atomic E-state index is 13.4. The van der Waals surface area contributed by atoms with Gasteiger partial charge in [-0.3, -0.25) is 9.97 Å². The van der Waals surface area contributed by atoms with Crippen LogP contribution in [-0.2, 0) is 17.6 Å². The molecule has 2 heterocycles. The van der Waals surface area contributed by atoms with E-state index in [0.29, 0.717) is 39.5 Å². The third-order valence-electron chi connectivity index (χ3n) is 4.73. The summed E-state index contributed by atoms with van der Waals surface area (Å²) in [5.41, 5.74) is 2.34. The van der Waals surface area contributed by atoms with Gasteiger partial charge in [-0.15, -0.1) is 0 Å². The number of methoxy groups -OCH3 is 2. The van der Waals surface area contributed by atoms with Crippen LogP contribution in [0.2, 0.25) is 0 Å². The number of nitrogens with zero attached hydrogens (tertiary/aromatic N) is 2. The zero-order chi connectivity index (χ0) is 22.7. The number of fused-ring (bicyclic) bond motifs is 1. The summed E-state index contributed by atoms with van der Waals surface area (Å²) in [4.78, 5) is 12.3. The van der Waals surface area contributed by atoms with E-state index in [2.05, 4.69) is 19.7 Å². The number of nitrogens with one attached hydrogen (secondary N) is 1. The molecule has 0 spiro atoms. The first-order chi connectivity index (χ1) is 15.5. The summed E-state index contributed by atoms with van der Waals surface area (Å²) in [5, 5.41) is 0.201. The Bertz CT molecular complexity index is 1240. The molecule has 1 unspecified atom stereocenters. The summed E-state index contributed by atoms with van der Waals surface area (Å²) in [6, 6.07) is 13.2. The second-order valence-electron chi connectivity index (χ2n) is 6.65. The molecule has 4 aromatic rings. The standard InChI is InChI=1S/C22H19F2N3O4S.Na.H/c1-29-18-9-10-25-17(20(18)30-2)11-13-5-3-4-6-19(13)32(28)22-26-15-8-7-14(31-21(23)24)12-16(15)27-22;;/h3-10,12,21H,11H2,1-2H3,(H,26,27);;. The van der Waals surface area contributed by atoms with Crippen molar-refractivity contribution in [3.63, 3.8) is 0 Å². The number of imidazole rings is 1. The molecule has 33 heavy (non-hydrogen) atoms. The van der Waals surface area contributed by atoms with Crippen molar-refractivity contribution in [2.75, 3.05) is 14.2 Å². The number of aromatic amines is 1. The fourth-order valence-corrected chi connectivity index (χ4v) is 4.49. The Morgan fingerprint density at radius 2 is 1.88 bits per heavy atom. The summed E-state index contributed by atoms with van der Waals surface area (Å²) >= 11 is -1.65. The zero-order valence-electron chi connectivity index (χ0n) is 17.2. The number of pyridine rings is 1. The van der Waals surface area contributed by atoms with Crippen molar-refractivity contribution in [1.82, 2.24) is 15.0 Å². The van der Waals surface area contributed by atoms with Crippen molar-refractivity contribution in [3.8, 4) is 17.2 Å². The predicted molar refractivity (Wildman–Crippen MR) is 121 cm³/mol. The Labute approximate surface area is 214 Å². The van der Waals surface area contributed by atoms with Crippen LogP contribution >= 0.6 is 0 Å². The molecule has 0 aliphatic rings. The predicted octanol–water partition coefficient (Wildman–Crippen LogP) is 3.69. The summed E-state index contributed by atoms with van der Waals surface area (Å²) in [7, 11) is 3.08. The fraction of sp³-hybridized carbons (Fsp3) is 0.182. The Morgan fingerprint density at radius 3 is 2.61 bits per heavy atom. The molecule has 0 aliphatic carbocycles. The molecule has 1 N–H and O–H groups in total. The van der Waals surface area contributed by atoms with Crippen LogP contribution in [0.1, 0.15) is 11.3 Å². The molecular formula is C22H20F2N3NaO4S. The first kappa shape index (κ1) is 25.3. The molecule has 2 aromatic carbocycles. The average molecular weight is 483 g/mol. The van der Waals surface area contributed by atoms with E-state index in [0.717, 1.165) is 5.56 Å². The van der Waals surface area contributed by atoms with Gasteiger partial charge in [0.05, 0.1) is 42.1 Å². The molecule has 0 bridgehead atoms. The van der Waals surface area contributed by atoms with Gasteiger partial charge < -0.3 is 18.8 Å². The quantitative estimate of drug-likeness (QED) is 0.304. The summed E-state index contributed by atoms with van der Waals surface area (Å²) in [5.74, 6) is 1.04. The van der Waals surface area contributed by atoms with Crippen LogP contribution in [0.4, 0.5) is 8.78 Å². The second-order valence-corrected chi connectivity index (χ2v) is 8.01. The molecule has 0 aliphatic heterocycles. The van der Waals surface area contributed by atoms with Gasteiger partial charge in [0, 0.05) is 30.3 Å². The molecule has 1 atom stereocenters. The van der Waals surface area contributed by atoms with Crippen LogP contribution in [0.25, 0.3) is 11.0 Å². The SMILES string of the molecule is COc1ccnc(Cc2ccccc2[S+]([O-])c2nc3cc(OC(F)F)ccc3[nH]2)c1OC.[NaH]. The second kappa shape index (κ2) is 11.2. The summed E-state index contributed by atoms with van der Waals surface area (Å²) in [6.07, 6.45) is 1.98. The van der Waals surface area contributed by atoms with Crippen LogP contribution in [0.3, 0.4) is 0 Å². The van der Waals surface area contributed by atoms with Gasteiger partial charge in [-0.05, 0) is 18.2 Å². The molecule has 0 radical (unpaired) electrons. The van der Waals surface area contributed by atoms with Crippen LogP contribution < -0.4 is 14.2 Å². The van der Waals surface area contributed by atoms with Gasteiger partial charge >= 0.3 is 41.3 Å². The fourth-order valence-electron chi connectivity index (χ4n) is 3.32. The van der Waals surface area contributed by atoms with Crippen molar-refractivity contribution in [2.45, 2.75) is 23.1 Å². The molecular weight excluding hydrogens is 463 g/mol. The molecule has 0 fully saturated rings. The van der Waals surface area contributed by atoms with E-state index in [9.17, 15) is 13.3 Å². The Balaban J connectivity index is 0.00000306. The number of ether oxygens (including phenoxy) is 3. The molecule has 7 nitrogen and oxygen atoms in total. The third kappa shape index (κ3) is 5.59. The first-order valence-electron chi connectivity index (χ1n) is 9.50. The molecule has 0 amide bonds. The molecule has 4 rings (SSSR count). The molecule has 2 aromatic heterocycles. The monoisotopic (exact) mass is 483 g/mol. The van der Waals surface area contributed by atoms with E-state index < -0.39 is 17.8 Å².